The second-order valence-electron chi connectivity index (χ2n) is 4.16. The molecule has 1 heterocycles. The summed E-state index contributed by atoms with van der Waals surface area (Å²) in [5, 5.41) is 11.9. The fourth-order valence-corrected chi connectivity index (χ4v) is 2.61. The Hall–Kier alpha value is -1.82. The van der Waals surface area contributed by atoms with Crippen molar-refractivity contribution in [3.8, 4) is 6.07 Å². The van der Waals surface area contributed by atoms with Crippen molar-refractivity contribution in [2.75, 3.05) is 0 Å². The molecule has 3 nitrogen and oxygen atoms in total. The van der Waals surface area contributed by atoms with Gasteiger partial charge >= 0.3 is 0 Å². The van der Waals surface area contributed by atoms with Crippen LogP contribution in [0, 0.1) is 17.2 Å². The van der Waals surface area contributed by atoms with E-state index in [4.69, 9.17) is 5.26 Å². The Bertz CT molecular complexity index is 475. The first-order valence-electron chi connectivity index (χ1n) is 5.10. The molecule has 3 atom stereocenters. The van der Waals surface area contributed by atoms with Gasteiger partial charge in [0.15, 0.2) is 0 Å². The first-order valence-corrected chi connectivity index (χ1v) is 5.10. The van der Waals surface area contributed by atoms with Gasteiger partial charge < -0.3 is 5.32 Å². The summed E-state index contributed by atoms with van der Waals surface area (Å²) in [6.45, 7) is 0. The summed E-state index contributed by atoms with van der Waals surface area (Å²) in [6, 6.07) is 10.1. The topological polar surface area (TPSA) is 52.9 Å². The number of nitrogens with zero attached hydrogens (tertiary/aromatic N) is 1. The highest BCUT2D eigenvalue weighted by Crippen LogP contribution is 2.45. The van der Waals surface area contributed by atoms with E-state index in [-0.39, 0.29) is 23.8 Å². The van der Waals surface area contributed by atoms with Crippen LogP contribution in [0.5, 0.6) is 0 Å². The van der Waals surface area contributed by atoms with Gasteiger partial charge in [-0.25, -0.2) is 0 Å². The highest BCUT2D eigenvalue weighted by Gasteiger charge is 2.47. The van der Waals surface area contributed by atoms with E-state index < -0.39 is 0 Å². The number of nitriles is 1. The van der Waals surface area contributed by atoms with Crippen LogP contribution < -0.4 is 5.32 Å². The van der Waals surface area contributed by atoms with Gasteiger partial charge in [-0.05, 0) is 18.1 Å². The van der Waals surface area contributed by atoms with Crippen LogP contribution in [0.2, 0.25) is 0 Å². The molecule has 3 unspecified atom stereocenters. The molecule has 1 saturated carbocycles. The van der Waals surface area contributed by atoms with Gasteiger partial charge in [-0.15, -0.1) is 0 Å². The first-order chi connectivity index (χ1) is 7.31. The van der Waals surface area contributed by atoms with E-state index in [1.54, 1.807) is 0 Å². The molecule has 1 aromatic carbocycles. The summed E-state index contributed by atoms with van der Waals surface area (Å²) in [5.41, 5.74) is 1.78. The zero-order valence-corrected chi connectivity index (χ0v) is 8.10. The lowest BCUT2D eigenvalue weighted by Crippen LogP contribution is -2.54. The van der Waals surface area contributed by atoms with Crippen molar-refractivity contribution in [3.63, 3.8) is 0 Å². The van der Waals surface area contributed by atoms with Crippen molar-refractivity contribution in [3.05, 3.63) is 35.4 Å². The Balaban J connectivity index is 2.10. The molecule has 0 saturated heterocycles. The van der Waals surface area contributed by atoms with E-state index in [1.807, 2.05) is 24.3 Å². The van der Waals surface area contributed by atoms with Crippen LogP contribution in [0.1, 0.15) is 28.3 Å². The average molecular weight is 198 g/mol. The van der Waals surface area contributed by atoms with Crippen LogP contribution in [0.25, 0.3) is 0 Å². The summed E-state index contributed by atoms with van der Waals surface area (Å²) in [6.07, 6.45) is 0.793. The predicted molar refractivity (Wildman–Crippen MR) is 54.2 cm³/mol. The fraction of sp³-hybridized carbons (Fsp3) is 0.333. The van der Waals surface area contributed by atoms with E-state index >= 15 is 0 Å². The first kappa shape index (κ1) is 8.49. The highest BCUT2D eigenvalue weighted by molar-refractivity contribution is 5.97. The number of fused-ring (bicyclic) bond motifs is 3. The molecule has 1 fully saturated rings. The van der Waals surface area contributed by atoms with E-state index in [1.165, 1.54) is 0 Å². The highest BCUT2D eigenvalue weighted by atomic mass is 16.1. The summed E-state index contributed by atoms with van der Waals surface area (Å²) >= 11 is 0. The Morgan fingerprint density at radius 1 is 1.40 bits per heavy atom. The lowest BCUT2D eigenvalue weighted by molar-refractivity contribution is 0.0848. The van der Waals surface area contributed by atoms with Crippen LogP contribution in [0.15, 0.2) is 24.3 Å². The second kappa shape index (κ2) is 2.83. The largest absolute Gasteiger partial charge is 0.349 e. The SMILES string of the molecule is N#CC1CC2NC(=O)c3ccccc3C12. The minimum absolute atomic E-state index is 0.00300. The quantitative estimate of drug-likeness (QED) is 0.685. The monoisotopic (exact) mass is 198 g/mol. The predicted octanol–water partition coefficient (Wildman–Crippen LogP) is 1.43. The molecule has 0 spiro atoms. The standard InChI is InChI=1S/C12H10N2O/c13-6-7-5-10-11(7)8-3-1-2-4-9(8)12(15)14-10/h1-4,7,10-11H,5H2,(H,14,15). The second-order valence-corrected chi connectivity index (χ2v) is 4.16. The number of hydrogen-bond donors (Lipinski definition) is 1. The van der Waals surface area contributed by atoms with Gasteiger partial charge in [0, 0.05) is 17.5 Å². The summed E-state index contributed by atoms with van der Waals surface area (Å²) in [7, 11) is 0. The number of carbonyl (C=O) groups is 1. The number of rotatable bonds is 0. The molecule has 2 aliphatic rings. The third-order valence-electron chi connectivity index (χ3n) is 3.42. The Morgan fingerprint density at radius 3 is 3.00 bits per heavy atom. The summed E-state index contributed by atoms with van der Waals surface area (Å²) in [4.78, 5) is 11.7. The van der Waals surface area contributed by atoms with E-state index in [2.05, 4.69) is 11.4 Å². The number of hydrogen-bond acceptors (Lipinski definition) is 2. The Kier molecular flexibility index (Phi) is 1.60. The molecule has 1 aliphatic carbocycles. The van der Waals surface area contributed by atoms with Gasteiger partial charge in [-0.3, -0.25) is 4.79 Å². The molecule has 15 heavy (non-hydrogen) atoms. The molecule has 1 aromatic rings. The third-order valence-corrected chi connectivity index (χ3v) is 3.42. The molecule has 3 rings (SSSR count). The minimum atomic E-state index is 0.00300. The fourth-order valence-electron chi connectivity index (χ4n) is 2.61. The maximum atomic E-state index is 11.7. The van der Waals surface area contributed by atoms with Crippen molar-refractivity contribution < 1.29 is 4.79 Å². The molecule has 1 aliphatic heterocycles. The van der Waals surface area contributed by atoms with Crippen molar-refractivity contribution in [1.82, 2.24) is 5.32 Å². The summed E-state index contributed by atoms with van der Waals surface area (Å²) in [5.74, 6) is 0.281. The minimum Gasteiger partial charge on any atom is -0.349 e. The number of benzene rings is 1. The van der Waals surface area contributed by atoms with Gasteiger partial charge in [-0.1, -0.05) is 18.2 Å². The molecular weight excluding hydrogens is 188 g/mol. The van der Waals surface area contributed by atoms with Gasteiger partial charge in [-0.2, -0.15) is 5.26 Å². The van der Waals surface area contributed by atoms with E-state index in [9.17, 15) is 4.79 Å². The third kappa shape index (κ3) is 1.02. The van der Waals surface area contributed by atoms with Crippen LogP contribution >= 0.6 is 0 Å². The maximum absolute atomic E-state index is 11.7. The molecule has 0 radical (unpaired) electrons. The van der Waals surface area contributed by atoms with Crippen LogP contribution in [0.4, 0.5) is 0 Å². The zero-order chi connectivity index (χ0) is 10.4. The number of carbonyl (C=O) groups excluding carboxylic acids is 1. The zero-order valence-electron chi connectivity index (χ0n) is 8.10. The Morgan fingerprint density at radius 2 is 2.20 bits per heavy atom. The van der Waals surface area contributed by atoms with Crippen LogP contribution in [0.3, 0.4) is 0 Å². The van der Waals surface area contributed by atoms with Gasteiger partial charge in [0.05, 0.1) is 12.0 Å². The van der Waals surface area contributed by atoms with Crippen molar-refractivity contribution in [2.45, 2.75) is 18.4 Å². The maximum Gasteiger partial charge on any atom is 0.251 e. The molecule has 74 valence electrons. The van der Waals surface area contributed by atoms with Crippen molar-refractivity contribution in [2.24, 2.45) is 5.92 Å². The van der Waals surface area contributed by atoms with Gasteiger partial charge in [0.2, 0.25) is 0 Å². The smallest absolute Gasteiger partial charge is 0.251 e. The normalized spacial score (nSPS) is 31.7. The number of amides is 1. The summed E-state index contributed by atoms with van der Waals surface area (Å²) < 4.78 is 0. The lowest BCUT2D eigenvalue weighted by atomic mass is 9.64. The molecule has 0 aromatic heterocycles. The number of nitrogens with one attached hydrogen (secondary N) is 1. The van der Waals surface area contributed by atoms with Gasteiger partial charge in [0.1, 0.15) is 0 Å². The van der Waals surface area contributed by atoms with E-state index in [0.29, 0.717) is 0 Å². The lowest BCUT2D eigenvalue weighted by Gasteiger charge is -2.45. The van der Waals surface area contributed by atoms with Gasteiger partial charge in [0.25, 0.3) is 5.91 Å². The van der Waals surface area contributed by atoms with Crippen molar-refractivity contribution in [1.29, 1.82) is 5.26 Å². The molecule has 0 bridgehead atoms. The van der Waals surface area contributed by atoms with Crippen LogP contribution in [-0.4, -0.2) is 11.9 Å². The molecule has 3 heteroatoms. The average Bonchev–Trinajstić information content (AvgIpc) is 2.23. The Labute approximate surface area is 87.7 Å². The molecule has 1 N–H and O–H groups in total. The van der Waals surface area contributed by atoms with E-state index in [0.717, 1.165) is 17.5 Å². The molecular formula is C12H10N2O. The van der Waals surface area contributed by atoms with Crippen LogP contribution in [-0.2, 0) is 0 Å². The molecule has 1 amide bonds. The van der Waals surface area contributed by atoms with Crippen molar-refractivity contribution >= 4 is 5.91 Å².